The van der Waals surface area contributed by atoms with Gasteiger partial charge in [-0.3, -0.25) is 0 Å². The van der Waals surface area contributed by atoms with Crippen LogP contribution >= 0.6 is 0 Å². The fraction of sp³-hybridized carbons (Fsp3) is 0.345. The van der Waals surface area contributed by atoms with E-state index in [1.807, 2.05) is 48.5 Å². The minimum absolute atomic E-state index is 0.472. The number of hydrogen-bond donors (Lipinski definition) is 2. The molecule has 3 aromatic carbocycles. The molecular weight excluding hydrogens is 436 g/mol. The second-order valence-electron chi connectivity index (χ2n) is 9.03. The summed E-state index contributed by atoms with van der Waals surface area (Å²) in [5.41, 5.74) is 3.14. The highest BCUT2D eigenvalue weighted by Crippen LogP contribution is 2.31. The van der Waals surface area contributed by atoms with Crippen LogP contribution in [0.5, 0.6) is 17.2 Å². The lowest BCUT2D eigenvalue weighted by Crippen LogP contribution is -2.48. The average molecular weight is 471 g/mol. The Morgan fingerprint density at radius 3 is 2.66 bits per heavy atom. The summed E-state index contributed by atoms with van der Waals surface area (Å²) in [6, 6.07) is 24.8. The highest BCUT2D eigenvalue weighted by atomic mass is 16.5. The summed E-state index contributed by atoms with van der Waals surface area (Å²) in [4.78, 5) is 5.01. The largest absolute Gasteiger partial charge is 0.493 e. The molecule has 0 radical (unpaired) electrons. The third kappa shape index (κ3) is 5.84. The van der Waals surface area contributed by atoms with Crippen LogP contribution in [0.25, 0.3) is 22.4 Å². The lowest BCUT2D eigenvalue weighted by molar-refractivity contribution is 0.274. The number of rotatable bonds is 10. The zero-order valence-electron chi connectivity index (χ0n) is 20.4. The van der Waals surface area contributed by atoms with E-state index in [-0.39, 0.29) is 0 Å². The Bertz CT molecular complexity index is 1230. The number of ether oxygens (including phenoxy) is 2. The van der Waals surface area contributed by atoms with Gasteiger partial charge in [-0.15, -0.1) is 0 Å². The molecule has 6 heteroatoms. The average Bonchev–Trinajstić information content (AvgIpc) is 3.27. The zero-order valence-corrected chi connectivity index (χ0v) is 20.4. The quantitative estimate of drug-likeness (QED) is 0.315. The first-order chi connectivity index (χ1) is 17.3. The Morgan fingerprint density at radius 2 is 1.83 bits per heavy atom. The Balaban J connectivity index is 1.39. The number of fused-ring (bicyclic) bond motifs is 1. The fourth-order valence-electron chi connectivity index (χ4n) is 4.51. The van der Waals surface area contributed by atoms with Crippen molar-refractivity contribution in [2.75, 3.05) is 26.2 Å². The number of nitrogens with one attached hydrogen (secondary N) is 2. The van der Waals surface area contributed by atoms with E-state index in [0.29, 0.717) is 12.6 Å². The molecule has 182 valence electrons. The number of benzene rings is 3. The molecule has 1 atom stereocenters. The number of para-hydroxylation sites is 1. The van der Waals surface area contributed by atoms with Gasteiger partial charge in [0.15, 0.2) is 0 Å². The number of piperazine rings is 1. The first-order valence-electron chi connectivity index (χ1n) is 12.7. The third-order valence-electron chi connectivity index (χ3n) is 6.39. The maximum atomic E-state index is 6.15. The normalized spacial score (nSPS) is 15.9. The van der Waals surface area contributed by atoms with E-state index in [2.05, 4.69) is 46.4 Å². The van der Waals surface area contributed by atoms with Gasteiger partial charge in [0.05, 0.1) is 17.6 Å². The van der Waals surface area contributed by atoms with Crippen molar-refractivity contribution in [3.8, 4) is 28.6 Å². The fourth-order valence-corrected chi connectivity index (χ4v) is 4.51. The minimum atomic E-state index is 0.472. The molecule has 1 aliphatic heterocycles. The Morgan fingerprint density at radius 1 is 0.943 bits per heavy atom. The van der Waals surface area contributed by atoms with E-state index < -0.39 is 0 Å². The van der Waals surface area contributed by atoms with E-state index in [1.54, 1.807) is 0 Å². The van der Waals surface area contributed by atoms with E-state index in [4.69, 9.17) is 14.5 Å². The molecule has 1 aromatic heterocycles. The molecule has 0 spiro atoms. The molecule has 2 N–H and O–H groups in total. The second-order valence-corrected chi connectivity index (χ2v) is 9.03. The lowest BCUT2D eigenvalue weighted by atomic mass is 10.2. The summed E-state index contributed by atoms with van der Waals surface area (Å²) < 4.78 is 14.5. The van der Waals surface area contributed by atoms with Crippen molar-refractivity contribution in [2.45, 2.75) is 38.8 Å². The van der Waals surface area contributed by atoms with Crippen LogP contribution in [-0.2, 0) is 6.54 Å². The van der Waals surface area contributed by atoms with Crippen molar-refractivity contribution in [3.63, 3.8) is 0 Å². The first kappa shape index (κ1) is 23.4. The summed E-state index contributed by atoms with van der Waals surface area (Å²) in [7, 11) is 0. The SMILES string of the molecule is CCCCn1c(-c2cccc(Oc3ccccc3)c2)nc2ccc(OCCC3CNCCN3)cc21. The Hall–Kier alpha value is -3.35. The molecule has 0 amide bonds. The number of unbranched alkanes of at least 4 members (excludes halogenated alkanes) is 1. The molecule has 1 fully saturated rings. The van der Waals surface area contributed by atoms with Gasteiger partial charge in [-0.25, -0.2) is 4.98 Å². The molecule has 1 aliphatic rings. The Kier molecular flexibility index (Phi) is 7.61. The van der Waals surface area contributed by atoms with Crippen molar-refractivity contribution in [1.29, 1.82) is 0 Å². The summed E-state index contributed by atoms with van der Waals surface area (Å²) in [5.74, 6) is 3.48. The second kappa shape index (κ2) is 11.4. The first-order valence-corrected chi connectivity index (χ1v) is 12.7. The molecule has 1 unspecified atom stereocenters. The predicted octanol–water partition coefficient (Wildman–Crippen LogP) is 5.63. The standard InChI is InChI=1S/C29H34N4O2/c1-2-3-17-33-28-20-25(34-18-14-23-21-30-15-16-31-23)12-13-27(28)32-29(33)22-8-7-11-26(19-22)35-24-9-5-4-6-10-24/h4-13,19-20,23,30-31H,2-3,14-18,21H2,1H3. The molecule has 0 saturated carbocycles. The van der Waals surface area contributed by atoms with Crippen LogP contribution in [0.1, 0.15) is 26.2 Å². The van der Waals surface area contributed by atoms with Gasteiger partial charge >= 0.3 is 0 Å². The van der Waals surface area contributed by atoms with Crippen molar-refractivity contribution in [2.24, 2.45) is 0 Å². The molecule has 35 heavy (non-hydrogen) atoms. The molecule has 2 heterocycles. The molecule has 5 rings (SSSR count). The molecule has 1 saturated heterocycles. The number of aryl methyl sites for hydroxylation is 1. The Labute approximate surface area is 207 Å². The van der Waals surface area contributed by atoms with E-state index in [1.165, 1.54) is 0 Å². The highest BCUT2D eigenvalue weighted by molar-refractivity contribution is 5.82. The van der Waals surface area contributed by atoms with Crippen LogP contribution in [-0.4, -0.2) is 41.8 Å². The zero-order chi connectivity index (χ0) is 23.9. The summed E-state index contributed by atoms with van der Waals surface area (Å²) in [6.45, 7) is 6.89. The van der Waals surface area contributed by atoms with E-state index in [0.717, 1.165) is 85.1 Å². The van der Waals surface area contributed by atoms with Crippen LogP contribution in [0.2, 0.25) is 0 Å². The molecule has 6 nitrogen and oxygen atoms in total. The third-order valence-corrected chi connectivity index (χ3v) is 6.39. The van der Waals surface area contributed by atoms with Crippen molar-refractivity contribution in [3.05, 3.63) is 72.8 Å². The van der Waals surface area contributed by atoms with E-state index in [9.17, 15) is 0 Å². The monoisotopic (exact) mass is 470 g/mol. The smallest absolute Gasteiger partial charge is 0.141 e. The van der Waals surface area contributed by atoms with Crippen LogP contribution in [0.3, 0.4) is 0 Å². The minimum Gasteiger partial charge on any atom is -0.493 e. The van der Waals surface area contributed by atoms with Crippen LogP contribution in [0.4, 0.5) is 0 Å². The number of hydrogen-bond acceptors (Lipinski definition) is 5. The summed E-state index contributed by atoms with van der Waals surface area (Å²) >= 11 is 0. The number of aromatic nitrogens is 2. The summed E-state index contributed by atoms with van der Waals surface area (Å²) in [5, 5.41) is 6.97. The van der Waals surface area contributed by atoms with Gasteiger partial charge in [0, 0.05) is 43.9 Å². The maximum Gasteiger partial charge on any atom is 0.141 e. The predicted molar refractivity (Wildman–Crippen MR) is 141 cm³/mol. The van der Waals surface area contributed by atoms with Gasteiger partial charge in [0.1, 0.15) is 23.1 Å². The van der Waals surface area contributed by atoms with Gasteiger partial charge in [0.2, 0.25) is 0 Å². The number of imidazole rings is 1. The molecule has 0 bridgehead atoms. The van der Waals surface area contributed by atoms with Crippen molar-refractivity contribution >= 4 is 11.0 Å². The lowest BCUT2D eigenvalue weighted by Gasteiger charge is -2.24. The molecular formula is C29H34N4O2. The molecule has 4 aromatic rings. The van der Waals surface area contributed by atoms with Gasteiger partial charge < -0.3 is 24.7 Å². The van der Waals surface area contributed by atoms with Gasteiger partial charge in [-0.1, -0.05) is 43.7 Å². The topological polar surface area (TPSA) is 60.3 Å². The molecule has 0 aliphatic carbocycles. The van der Waals surface area contributed by atoms with Crippen LogP contribution in [0, 0.1) is 0 Å². The van der Waals surface area contributed by atoms with Crippen molar-refractivity contribution < 1.29 is 9.47 Å². The van der Waals surface area contributed by atoms with Crippen LogP contribution < -0.4 is 20.1 Å². The van der Waals surface area contributed by atoms with Gasteiger partial charge in [-0.2, -0.15) is 0 Å². The highest BCUT2D eigenvalue weighted by Gasteiger charge is 2.15. The van der Waals surface area contributed by atoms with Crippen LogP contribution in [0.15, 0.2) is 72.8 Å². The summed E-state index contributed by atoms with van der Waals surface area (Å²) in [6.07, 6.45) is 3.19. The van der Waals surface area contributed by atoms with Gasteiger partial charge in [-0.05, 0) is 49.2 Å². The van der Waals surface area contributed by atoms with E-state index >= 15 is 0 Å². The maximum absolute atomic E-state index is 6.15. The van der Waals surface area contributed by atoms with Crippen molar-refractivity contribution in [1.82, 2.24) is 20.2 Å². The van der Waals surface area contributed by atoms with Gasteiger partial charge in [0.25, 0.3) is 0 Å². The number of nitrogens with zero attached hydrogens (tertiary/aromatic N) is 2.